The van der Waals surface area contributed by atoms with Crippen molar-refractivity contribution in [3.8, 4) is 11.1 Å². The average Bonchev–Trinajstić information content (AvgIpc) is 3.33. The normalized spacial score (nSPS) is 14.3. The molecule has 0 spiro atoms. The van der Waals surface area contributed by atoms with Gasteiger partial charge in [0.15, 0.2) is 5.58 Å². The predicted molar refractivity (Wildman–Crippen MR) is 101 cm³/mol. The Hall–Kier alpha value is -2.95. The van der Waals surface area contributed by atoms with Crippen molar-refractivity contribution in [3.63, 3.8) is 0 Å². The van der Waals surface area contributed by atoms with Gasteiger partial charge in [-0.05, 0) is 12.1 Å². The molecule has 0 fully saturated rings. The number of rotatable bonds is 1. The number of hydrogen-bond donors (Lipinski definition) is 0. The first-order chi connectivity index (χ1) is 12.9. The van der Waals surface area contributed by atoms with E-state index in [1.165, 1.54) is 0 Å². The van der Waals surface area contributed by atoms with Crippen molar-refractivity contribution in [2.75, 3.05) is 9.91 Å². The van der Waals surface area contributed by atoms with Crippen molar-refractivity contribution in [3.05, 3.63) is 85.0 Å². The number of aromatic nitrogens is 1. The van der Waals surface area contributed by atoms with Gasteiger partial charge in [0.25, 0.3) is 6.01 Å². The molecule has 1 radical (unpaired) electrons. The number of para-hydroxylation sites is 3. The topological polar surface area (TPSA) is 44.9 Å². The van der Waals surface area contributed by atoms with Crippen LogP contribution < -0.4 is 9.91 Å². The van der Waals surface area contributed by atoms with Gasteiger partial charge >= 0.3 is 0 Å². The van der Waals surface area contributed by atoms with Gasteiger partial charge in [-0.15, -0.1) is 12.2 Å². The van der Waals surface area contributed by atoms with Crippen LogP contribution in [0.1, 0.15) is 5.56 Å². The minimum absolute atomic E-state index is 0. The van der Waals surface area contributed by atoms with Crippen LogP contribution >= 0.6 is 0 Å². The molecule has 0 bridgehead atoms. The smallest absolute Gasteiger partial charge is 0.289 e. The number of amidine groups is 1. The zero-order valence-electron chi connectivity index (χ0n) is 14.0. The molecule has 5 nitrogen and oxygen atoms in total. The van der Waals surface area contributed by atoms with Crippen molar-refractivity contribution in [2.24, 2.45) is 5.10 Å². The fourth-order valence-electron chi connectivity index (χ4n) is 3.50. The maximum Gasteiger partial charge on any atom is 0.289 e. The van der Waals surface area contributed by atoms with Crippen LogP contribution in [0.3, 0.4) is 0 Å². The number of hydrazone groups is 1. The fraction of sp³-hybridized carbons (Fsp3) is 0. The molecular formula is C21H12IrN4O-2. The van der Waals surface area contributed by atoms with E-state index in [-0.39, 0.29) is 20.1 Å². The number of oxazole rings is 1. The molecular weight excluding hydrogens is 516 g/mol. The van der Waals surface area contributed by atoms with Crippen LogP contribution in [-0.4, -0.2) is 10.8 Å². The van der Waals surface area contributed by atoms with Gasteiger partial charge in [-0.2, -0.15) is 34.4 Å². The molecule has 0 saturated carbocycles. The van der Waals surface area contributed by atoms with Crippen LogP contribution in [0.25, 0.3) is 22.2 Å². The second-order valence-corrected chi connectivity index (χ2v) is 6.20. The predicted octanol–water partition coefficient (Wildman–Crippen LogP) is 4.41. The van der Waals surface area contributed by atoms with Crippen molar-refractivity contribution < 1.29 is 24.5 Å². The summed E-state index contributed by atoms with van der Waals surface area (Å²) in [5.41, 5.74) is 5.90. The van der Waals surface area contributed by atoms with E-state index in [4.69, 9.17) is 9.52 Å². The molecule has 0 saturated heterocycles. The molecule has 0 unspecified atom stereocenters. The zero-order valence-corrected chi connectivity index (χ0v) is 16.4. The second kappa shape index (κ2) is 6.05. The van der Waals surface area contributed by atoms with Gasteiger partial charge in [-0.3, -0.25) is 0 Å². The summed E-state index contributed by atoms with van der Waals surface area (Å²) in [4.78, 5) is 6.58. The van der Waals surface area contributed by atoms with Gasteiger partial charge in [-0.25, -0.2) is 0 Å². The largest absolute Gasteiger partial charge is 0.476 e. The average molecular weight is 529 g/mol. The van der Waals surface area contributed by atoms with Gasteiger partial charge in [0.1, 0.15) is 11.4 Å². The van der Waals surface area contributed by atoms with Gasteiger partial charge in [0.2, 0.25) is 0 Å². The van der Waals surface area contributed by atoms with Crippen molar-refractivity contribution in [1.82, 2.24) is 4.98 Å². The number of hydrogen-bond acceptors (Lipinski definition) is 5. The molecule has 4 aromatic rings. The van der Waals surface area contributed by atoms with E-state index in [0.717, 1.165) is 39.3 Å². The van der Waals surface area contributed by atoms with E-state index in [0.29, 0.717) is 6.01 Å². The molecule has 1 aromatic heterocycles. The summed E-state index contributed by atoms with van der Waals surface area (Å²) in [5, 5.41) is 6.44. The Bertz CT molecular complexity index is 1170. The van der Waals surface area contributed by atoms with Crippen LogP contribution in [0.15, 0.2) is 76.2 Å². The minimum atomic E-state index is 0. The Morgan fingerprint density at radius 3 is 2.56 bits per heavy atom. The van der Waals surface area contributed by atoms with E-state index in [9.17, 15) is 0 Å². The fourth-order valence-corrected chi connectivity index (χ4v) is 3.50. The summed E-state index contributed by atoms with van der Waals surface area (Å²) >= 11 is 0. The zero-order chi connectivity index (χ0) is 17.1. The molecule has 2 aliphatic heterocycles. The van der Waals surface area contributed by atoms with E-state index in [1.54, 1.807) is 5.01 Å². The van der Waals surface area contributed by atoms with Crippen LogP contribution in [0.2, 0.25) is 0 Å². The van der Waals surface area contributed by atoms with Crippen LogP contribution in [0.4, 0.5) is 11.7 Å². The summed E-state index contributed by atoms with van der Waals surface area (Å²) in [7, 11) is 0. The van der Waals surface area contributed by atoms with Crippen molar-refractivity contribution >= 4 is 28.6 Å². The molecule has 0 aliphatic carbocycles. The maximum absolute atomic E-state index is 5.87. The van der Waals surface area contributed by atoms with Gasteiger partial charge in [0.05, 0.1) is 0 Å². The number of anilines is 2. The van der Waals surface area contributed by atoms with Crippen molar-refractivity contribution in [1.29, 1.82) is 0 Å². The molecule has 6 heteroatoms. The van der Waals surface area contributed by atoms with Crippen LogP contribution in [0.5, 0.6) is 0 Å². The molecule has 27 heavy (non-hydrogen) atoms. The first-order valence-electron chi connectivity index (χ1n) is 8.37. The molecule has 2 aliphatic rings. The van der Waals surface area contributed by atoms with E-state index >= 15 is 0 Å². The number of fused-ring (bicyclic) bond motifs is 7. The number of nitrogens with zero attached hydrogens (tertiary/aromatic N) is 4. The monoisotopic (exact) mass is 529 g/mol. The molecule has 0 atom stereocenters. The van der Waals surface area contributed by atoms with Crippen molar-refractivity contribution in [2.45, 2.75) is 0 Å². The van der Waals surface area contributed by atoms with Gasteiger partial charge < -0.3 is 14.3 Å². The Morgan fingerprint density at radius 2 is 1.67 bits per heavy atom. The molecule has 3 heterocycles. The standard InChI is InChI=1S/C21H12N4O.Ir/c1-2-9-16-14(7-1)15-8-3-5-11-18(15)24-13-25(23-20(16)24)21-22-17-10-4-6-12-19(17)26-21;/h1-10,12-13H;/q-2;. The van der Waals surface area contributed by atoms with Gasteiger partial charge in [-0.1, -0.05) is 47.6 Å². The number of benzene rings is 3. The Balaban J connectivity index is 0.00000160. The SMILES string of the molecule is [Ir].[c-]1cccc2c1N1[CH-]N(c3nc4ccccc4o3)N=C1c1ccccc1-2. The molecule has 0 amide bonds. The summed E-state index contributed by atoms with van der Waals surface area (Å²) < 4.78 is 5.87. The first-order valence-corrected chi connectivity index (χ1v) is 8.37. The quantitative estimate of drug-likeness (QED) is 0.344. The summed E-state index contributed by atoms with van der Waals surface area (Å²) in [6.07, 6.45) is 0. The third-order valence-electron chi connectivity index (χ3n) is 4.67. The Kier molecular flexibility index (Phi) is 3.64. The summed E-state index contributed by atoms with van der Waals surface area (Å²) in [6, 6.07) is 25.8. The van der Waals surface area contributed by atoms with E-state index in [1.807, 2.05) is 60.1 Å². The van der Waals surface area contributed by atoms with Gasteiger partial charge in [0, 0.05) is 25.7 Å². The van der Waals surface area contributed by atoms with Crippen LogP contribution in [-0.2, 0) is 20.1 Å². The first kappa shape index (κ1) is 16.2. The summed E-state index contributed by atoms with van der Waals surface area (Å²) in [5.74, 6) is 0.845. The molecule has 3 aromatic carbocycles. The van der Waals surface area contributed by atoms with E-state index < -0.39 is 0 Å². The third kappa shape index (κ3) is 2.34. The summed E-state index contributed by atoms with van der Waals surface area (Å²) in [6.45, 7) is 1.89. The molecule has 133 valence electrons. The Labute approximate surface area is 169 Å². The maximum atomic E-state index is 5.87. The molecule has 0 N–H and O–H groups in total. The second-order valence-electron chi connectivity index (χ2n) is 6.20. The van der Waals surface area contributed by atoms with Crippen LogP contribution in [0, 0.1) is 12.7 Å². The third-order valence-corrected chi connectivity index (χ3v) is 4.67. The minimum Gasteiger partial charge on any atom is -0.476 e. The van der Waals surface area contributed by atoms with E-state index in [2.05, 4.69) is 29.2 Å². The molecule has 6 rings (SSSR count). The Morgan fingerprint density at radius 1 is 0.889 bits per heavy atom.